The molecule has 2 atom stereocenters. The molecule has 1 aliphatic rings. The predicted octanol–water partition coefficient (Wildman–Crippen LogP) is 1.32. The third-order valence-electron chi connectivity index (χ3n) is 4.98. The summed E-state index contributed by atoms with van der Waals surface area (Å²) in [5, 5.41) is 21.4. The number of rotatable bonds is 6. The summed E-state index contributed by atoms with van der Waals surface area (Å²) in [7, 11) is 0. The number of amides is 1. The van der Waals surface area contributed by atoms with E-state index in [1.807, 2.05) is 20.8 Å². The first-order valence-corrected chi connectivity index (χ1v) is 10.0. The topological polar surface area (TPSA) is 109 Å². The quantitative estimate of drug-likeness (QED) is 0.585. The van der Waals surface area contributed by atoms with Gasteiger partial charge in [0.1, 0.15) is 17.9 Å². The molecule has 2 aromatic rings. The molecule has 1 aromatic heterocycles. The number of nitrogens with zero attached hydrogens (tertiary/aromatic N) is 4. The molecule has 2 heterocycles. The number of carbonyl (C=O) groups is 1. The van der Waals surface area contributed by atoms with E-state index >= 15 is 0 Å². The average molecular weight is 440 g/mol. The van der Waals surface area contributed by atoms with Crippen molar-refractivity contribution in [2.45, 2.75) is 64.5 Å². The summed E-state index contributed by atoms with van der Waals surface area (Å²) in [6.07, 6.45) is -0.925. The third kappa shape index (κ3) is 5.60. The molecule has 11 heteroatoms. The first kappa shape index (κ1) is 23.2. The van der Waals surface area contributed by atoms with Crippen molar-refractivity contribution < 1.29 is 23.1 Å². The van der Waals surface area contributed by atoms with Crippen molar-refractivity contribution in [3.8, 4) is 0 Å². The zero-order chi connectivity index (χ0) is 22.9. The van der Waals surface area contributed by atoms with Gasteiger partial charge in [-0.15, -0.1) is 10.2 Å². The van der Waals surface area contributed by atoms with Gasteiger partial charge in [-0.05, 0) is 38.8 Å². The van der Waals surface area contributed by atoms with Gasteiger partial charge < -0.3 is 20.7 Å². The van der Waals surface area contributed by atoms with Crippen LogP contribution in [0.1, 0.15) is 49.2 Å². The van der Waals surface area contributed by atoms with Crippen LogP contribution in [0.25, 0.3) is 0 Å². The van der Waals surface area contributed by atoms with Crippen LogP contribution in [0.3, 0.4) is 0 Å². The standard InChI is InChI=1S/C20H27F3N6O2/c1-20(2,3)25-19(31)18-27-26-16-10-28(4-5-29(16)18)17(30)8-12(24)6-11-7-14(22)15(23)9-13(11)21/h7,9,12,17,30H,4-6,8,10,24H2,1-3H3,(H,25,31). The van der Waals surface area contributed by atoms with Crippen molar-refractivity contribution in [2.24, 2.45) is 5.73 Å². The molecule has 1 amide bonds. The van der Waals surface area contributed by atoms with Gasteiger partial charge in [-0.1, -0.05) is 0 Å². The lowest BCUT2D eigenvalue weighted by molar-refractivity contribution is -0.0239. The second-order valence-electron chi connectivity index (χ2n) is 8.80. The predicted molar refractivity (Wildman–Crippen MR) is 106 cm³/mol. The fraction of sp³-hybridized carbons (Fsp3) is 0.550. The minimum Gasteiger partial charge on any atom is -0.378 e. The number of fused-ring (bicyclic) bond motifs is 1. The zero-order valence-electron chi connectivity index (χ0n) is 17.7. The molecule has 0 spiro atoms. The van der Waals surface area contributed by atoms with Crippen molar-refractivity contribution in [1.29, 1.82) is 0 Å². The van der Waals surface area contributed by atoms with Crippen LogP contribution in [0.15, 0.2) is 12.1 Å². The molecular formula is C20H27F3N6O2. The summed E-state index contributed by atoms with van der Waals surface area (Å²) >= 11 is 0. The molecular weight excluding hydrogens is 413 g/mol. The molecule has 3 rings (SSSR count). The number of aliphatic hydroxyl groups excluding tert-OH is 1. The Bertz CT molecular complexity index is 959. The smallest absolute Gasteiger partial charge is 0.289 e. The molecule has 0 radical (unpaired) electrons. The normalized spacial score (nSPS) is 16.6. The van der Waals surface area contributed by atoms with Gasteiger partial charge in [-0.3, -0.25) is 9.69 Å². The summed E-state index contributed by atoms with van der Waals surface area (Å²) < 4.78 is 42.0. The molecule has 1 aromatic carbocycles. The van der Waals surface area contributed by atoms with E-state index in [4.69, 9.17) is 5.73 Å². The second kappa shape index (κ2) is 8.93. The maximum atomic E-state index is 13.8. The Balaban J connectivity index is 1.60. The van der Waals surface area contributed by atoms with Gasteiger partial charge in [0.25, 0.3) is 5.91 Å². The number of aromatic nitrogens is 3. The number of nitrogens with one attached hydrogen (secondary N) is 1. The maximum absolute atomic E-state index is 13.8. The number of hydrogen-bond acceptors (Lipinski definition) is 6. The van der Waals surface area contributed by atoms with E-state index in [0.717, 1.165) is 6.07 Å². The Morgan fingerprint density at radius 3 is 2.55 bits per heavy atom. The Hall–Kier alpha value is -2.50. The third-order valence-corrected chi connectivity index (χ3v) is 4.98. The van der Waals surface area contributed by atoms with Gasteiger partial charge in [-0.2, -0.15) is 0 Å². The highest BCUT2D eigenvalue weighted by Crippen LogP contribution is 2.19. The van der Waals surface area contributed by atoms with E-state index in [0.29, 0.717) is 25.0 Å². The van der Waals surface area contributed by atoms with Crippen molar-refractivity contribution >= 4 is 5.91 Å². The van der Waals surface area contributed by atoms with E-state index in [2.05, 4.69) is 15.5 Å². The molecule has 0 saturated heterocycles. The van der Waals surface area contributed by atoms with Crippen LogP contribution >= 0.6 is 0 Å². The van der Waals surface area contributed by atoms with Gasteiger partial charge in [0.2, 0.25) is 5.82 Å². The lowest BCUT2D eigenvalue weighted by Gasteiger charge is -2.33. The van der Waals surface area contributed by atoms with Crippen LogP contribution in [0, 0.1) is 17.5 Å². The SMILES string of the molecule is CC(C)(C)NC(=O)c1nnc2n1CCN(C(O)CC(N)Cc1cc(F)c(F)cc1F)C2. The molecule has 2 unspecified atom stereocenters. The highest BCUT2D eigenvalue weighted by molar-refractivity contribution is 5.91. The van der Waals surface area contributed by atoms with Crippen LogP contribution in [0.4, 0.5) is 13.2 Å². The van der Waals surface area contributed by atoms with Crippen LogP contribution < -0.4 is 11.1 Å². The van der Waals surface area contributed by atoms with E-state index in [-0.39, 0.29) is 36.7 Å². The number of hydrogen-bond donors (Lipinski definition) is 3. The number of nitrogens with two attached hydrogens (primary N) is 1. The largest absolute Gasteiger partial charge is 0.378 e. The highest BCUT2D eigenvalue weighted by Gasteiger charge is 2.29. The number of aliphatic hydroxyl groups is 1. The Morgan fingerprint density at radius 2 is 1.87 bits per heavy atom. The van der Waals surface area contributed by atoms with Crippen molar-refractivity contribution in [2.75, 3.05) is 6.54 Å². The van der Waals surface area contributed by atoms with E-state index in [9.17, 15) is 23.1 Å². The molecule has 31 heavy (non-hydrogen) atoms. The summed E-state index contributed by atoms with van der Waals surface area (Å²) in [5.74, 6) is -2.87. The van der Waals surface area contributed by atoms with Crippen LogP contribution in [0.2, 0.25) is 0 Å². The number of benzene rings is 1. The molecule has 0 bridgehead atoms. The Labute approximate surface area is 178 Å². The molecule has 8 nitrogen and oxygen atoms in total. The molecule has 170 valence electrons. The van der Waals surface area contributed by atoms with E-state index < -0.39 is 35.3 Å². The monoisotopic (exact) mass is 440 g/mol. The summed E-state index contributed by atoms with van der Waals surface area (Å²) in [5.41, 5.74) is 5.55. The van der Waals surface area contributed by atoms with Gasteiger partial charge in [-0.25, -0.2) is 13.2 Å². The number of halogens is 3. The minimum absolute atomic E-state index is 0.0495. The fourth-order valence-corrected chi connectivity index (χ4v) is 3.50. The first-order valence-electron chi connectivity index (χ1n) is 10.0. The van der Waals surface area contributed by atoms with Gasteiger partial charge >= 0.3 is 0 Å². The highest BCUT2D eigenvalue weighted by atomic mass is 19.2. The van der Waals surface area contributed by atoms with Crippen LogP contribution in [0.5, 0.6) is 0 Å². The summed E-state index contributed by atoms with van der Waals surface area (Å²) in [4.78, 5) is 14.1. The van der Waals surface area contributed by atoms with E-state index in [1.165, 1.54) is 0 Å². The molecule has 0 saturated carbocycles. The minimum atomic E-state index is -1.26. The zero-order valence-corrected chi connectivity index (χ0v) is 17.7. The molecule has 0 aliphatic carbocycles. The molecule has 0 fully saturated rings. The lowest BCUT2D eigenvalue weighted by Crippen LogP contribution is -2.46. The Kier molecular flexibility index (Phi) is 6.68. The Morgan fingerprint density at radius 1 is 1.19 bits per heavy atom. The summed E-state index contributed by atoms with van der Waals surface area (Å²) in [6.45, 7) is 6.68. The molecule has 4 N–H and O–H groups in total. The second-order valence-corrected chi connectivity index (χ2v) is 8.80. The first-order chi connectivity index (χ1) is 14.4. The lowest BCUT2D eigenvalue weighted by atomic mass is 10.0. The van der Waals surface area contributed by atoms with Gasteiger partial charge in [0.05, 0.1) is 6.54 Å². The number of carbonyl (C=O) groups excluding carboxylic acids is 1. The van der Waals surface area contributed by atoms with Crippen molar-refractivity contribution in [3.05, 3.63) is 46.8 Å². The molecule has 1 aliphatic heterocycles. The van der Waals surface area contributed by atoms with Crippen molar-refractivity contribution in [3.63, 3.8) is 0 Å². The van der Waals surface area contributed by atoms with E-state index in [1.54, 1.807) is 9.47 Å². The summed E-state index contributed by atoms with van der Waals surface area (Å²) in [6, 6.07) is 0.589. The van der Waals surface area contributed by atoms with Crippen molar-refractivity contribution in [1.82, 2.24) is 25.0 Å². The van der Waals surface area contributed by atoms with Crippen LogP contribution in [-0.4, -0.2) is 55.0 Å². The maximum Gasteiger partial charge on any atom is 0.289 e. The fourth-order valence-electron chi connectivity index (χ4n) is 3.50. The van der Waals surface area contributed by atoms with Gasteiger partial charge in [0.15, 0.2) is 11.6 Å². The van der Waals surface area contributed by atoms with Gasteiger partial charge in [0, 0.05) is 37.2 Å². The average Bonchev–Trinajstić information content (AvgIpc) is 3.08. The van der Waals surface area contributed by atoms with Crippen LogP contribution in [-0.2, 0) is 19.5 Å².